The highest BCUT2D eigenvalue weighted by atomic mass is 127. The van der Waals surface area contributed by atoms with Crippen molar-refractivity contribution in [2.24, 2.45) is 12.0 Å². The number of guanidine groups is 1. The Morgan fingerprint density at radius 1 is 1.32 bits per heavy atom. The first-order valence-electron chi connectivity index (χ1n) is 7.31. The lowest BCUT2D eigenvalue weighted by Gasteiger charge is -2.15. The van der Waals surface area contributed by atoms with Crippen LogP contribution in [0.1, 0.15) is 17.0 Å². The zero-order valence-electron chi connectivity index (χ0n) is 14.2. The van der Waals surface area contributed by atoms with Crippen molar-refractivity contribution in [2.45, 2.75) is 26.6 Å². The highest BCUT2D eigenvalue weighted by Gasteiger charge is 2.11. The van der Waals surface area contributed by atoms with Gasteiger partial charge in [-0.25, -0.2) is 0 Å². The molecule has 2 aromatic rings. The van der Waals surface area contributed by atoms with Crippen molar-refractivity contribution in [3.05, 3.63) is 41.5 Å². The molecule has 10 heteroatoms. The largest absolute Gasteiger partial charge is 0.434 e. The van der Waals surface area contributed by atoms with Crippen LogP contribution >= 0.6 is 24.0 Å². The first-order valence-corrected chi connectivity index (χ1v) is 7.31. The van der Waals surface area contributed by atoms with E-state index in [4.69, 9.17) is 0 Å². The van der Waals surface area contributed by atoms with Crippen LogP contribution in [0.5, 0.6) is 5.75 Å². The number of hydrogen-bond acceptors (Lipinski definition) is 4. The second-order valence-corrected chi connectivity index (χ2v) is 5.13. The number of ether oxygens (including phenoxy) is 1. The fraction of sp³-hybridized carbons (Fsp3) is 0.400. The van der Waals surface area contributed by atoms with Gasteiger partial charge < -0.3 is 19.9 Å². The lowest BCUT2D eigenvalue weighted by molar-refractivity contribution is -0.0504. The summed E-state index contributed by atoms with van der Waals surface area (Å²) in [6.45, 7) is -0.247. The third-order valence-electron chi connectivity index (χ3n) is 3.32. The molecule has 0 aliphatic heterocycles. The third-order valence-corrected chi connectivity index (χ3v) is 3.32. The summed E-state index contributed by atoms with van der Waals surface area (Å²) in [5, 5.41) is 13.9. The van der Waals surface area contributed by atoms with Crippen LogP contribution < -0.4 is 15.4 Å². The number of rotatable bonds is 6. The van der Waals surface area contributed by atoms with Crippen molar-refractivity contribution in [1.29, 1.82) is 0 Å². The number of aromatic nitrogens is 3. The molecule has 1 aromatic heterocycles. The van der Waals surface area contributed by atoms with Crippen molar-refractivity contribution in [1.82, 2.24) is 25.4 Å². The lowest BCUT2D eigenvalue weighted by atomic mass is 10.1. The SMILES string of the molecule is CN=C(NCc1cc(C)ccc1OC(F)F)NCc1nncn1C.I. The lowest BCUT2D eigenvalue weighted by Crippen LogP contribution is -2.37. The van der Waals surface area contributed by atoms with Gasteiger partial charge in [-0.3, -0.25) is 4.99 Å². The molecule has 0 fully saturated rings. The fourth-order valence-electron chi connectivity index (χ4n) is 2.09. The summed E-state index contributed by atoms with van der Waals surface area (Å²) in [5.74, 6) is 1.41. The van der Waals surface area contributed by atoms with Crippen LogP contribution in [0, 0.1) is 6.92 Å². The van der Waals surface area contributed by atoms with Crippen LogP contribution in [-0.2, 0) is 20.1 Å². The Morgan fingerprint density at radius 3 is 2.64 bits per heavy atom. The standard InChI is InChI=1S/C15H20F2N6O.HI/c1-10-4-5-12(24-14(16)17)11(6-10)7-19-15(18-2)20-8-13-22-21-9-23(13)3;/h4-6,9,14H,7-8H2,1-3H3,(H2,18,19,20);1H. The average molecular weight is 466 g/mol. The van der Waals surface area contributed by atoms with Crippen molar-refractivity contribution < 1.29 is 13.5 Å². The first-order chi connectivity index (χ1) is 11.5. The van der Waals surface area contributed by atoms with Gasteiger partial charge in [-0.15, -0.1) is 34.2 Å². The van der Waals surface area contributed by atoms with E-state index >= 15 is 0 Å². The summed E-state index contributed by atoms with van der Waals surface area (Å²) < 4.78 is 31.3. The predicted molar refractivity (Wildman–Crippen MR) is 101 cm³/mol. The first kappa shape index (κ1) is 21.1. The number of aryl methyl sites for hydroxylation is 2. The number of nitrogens with one attached hydrogen (secondary N) is 2. The van der Waals surface area contributed by atoms with E-state index in [1.807, 2.05) is 14.0 Å². The number of halogens is 3. The maximum absolute atomic E-state index is 12.5. The molecule has 0 aliphatic rings. The summed E-state index contributed by atoms with van der Waals surface area (Å²) in [6, 6.07) is 5.05. The third kappa shape index (κ3) is 6.44. The van der Waals surface area contributed by atoms with Gasteiger partial charge in [0.25, 0.3) is 0 Å². The molecular formula is C15H21F2IN6O. The molecule has 0 saturated heterocycles. The van der Waals surface area contributed by atoms with Gasteiger partial charge in [0.15, 0.2) is 11.8 Å². The molecule has 1 heterocycles. The molecular weight excluding hydrogens is 445 g/mol. The molecule has 25 heavy (non-hydrogen) atoms. The Bertz CT molecular complexity index is 707. The molecule has 0 bridgehead atoms. The van der Waals surface area contributed by atoms with E-state index < -0.39 is 6.61 Å². The van der Waals surface area contributed by atoms with Gasteiger partial charge in [-0.2, -0.15) is 8.78 Å². The molecule has 2 rings (SSSR count). The minimum Gasteiger partial charge on any atom is -0.434 e. The number of aliphatic imine (C=N–C) groups is 1. The van der Waals surface area contributed by atoms with Crippen LogP contribution in [0.4, 0.5) is 8.78 Å². The van der Waals surface area contributed by atoms with E-state index in [0.29, 0.717) is 24.6 Å². The molecule has 2 N–H and O–H groups in total. The minimum atomic E-state index is -2.86. The van der Waals surface area contributed by atoms with E-state index in [0.717, 1.165) is 11.4 Å². The van der Waals surface area contributed by atoms with E-state index in [1.54, 1.807) is 30.1 Å². The van der Waals surface area contributed by atoms with Crippen LogP contribution in [0.15, 0.2) is 29.5 Å². The van der Waals surface area contributed by atoms with E-state index in [9.17, 15) is 8.78 Å². The quantitative estimate of drug-likeness (QED) is 0.388. The normalized spacial score (nSPS) is 11.2. The summed E-state index contributed by atoms with van der Waals surface area (Å²) in [5.41, 5.74) is 1.58. The molecule has 0 amide bonds. The number of alkyl halides is 2. The molecule has 138 valence electrons. The minimum absolute atomic E-state index is 0. The van der Waals surface area contributed by atoms with Crippen LogP contribution in [0.2, 0.25) is 0 Å². The molecule has 0 unspecified atom stereocenters. The van der Waals surface area contributed by atoms with Crippen molar-refractivity contribution >= 4 is 29.9 Å². The Labute approximate surface area is 161 Å². The molecule has 0 radical (unpaired) electrons. The monoisotopic (exact) mass is 466 g/mol. The Balaban J connectivity index is 0.00000312. The molecule has 0 aliphatic carbocycles. The van der Waals surface area contributed by atoms with Gasteiger partial charge in [0, 0.05) is 26.2 Å². The number of nitrogens with zero attached hydrogens (tertiary/aromatic N) is 4. The second kappa shape index (κ2) is 10.1. The summed E-state index contributed by atoms with van der Waals surface area (Å²) in [4.78, 5) is 4.09. The predicted octanol–water partition coefficient (Wildman–Crippen LogP) is 2.21. The molecule has 0 atom stereocenters. The zero-order valence-corrected chi connectivity index (χ0v) is 16.5. The number of hydrogen-bond donors (Lipinski definition) is 2. The molecule has 0 spiro atoms. The van der Waals surface area contributed by atoms with E-state index in [2.05, 4.69) is 30.6 Å². The maximum Gasteiger partial charge on any atom is 0.387 e. The van der Waals surface area contributed by atoms with Gasteiger partial charge in [0.2, 0.25) is 0 Å². The van der Waals surface area contributed by atoms with Gasteiger partial charge in [-0.05, 0) is 13.0 Å². The Kier molecular flexibility index (Phi) is 8.52. The highest BCUT2D eigenvalue weighted by Crippen LogP contribution is 2.21. The second-order valence-electron chi connectivity index (χ2n) is 5.13. The van der Waals surface area contributed by atoms with Crippen molar-refractivity contribution in [3.63, 3.8) is 0 Å². The topological polar surface area (TPSA) is 76.4 Å². The van der Waals surface area contributed by atoms with Gasteiger partial charge in [-0.1, -0.05) is 17.7 Å². The zero-order chi connectivity index (χ0) is 17.5. The van der Waals surface area contributed by atoms with Gasteiger partial charge in [0.05, 0.1) is 6.54 Å². The average Bonchev–Trinajstić information content (AvgIpc) is 2.94. The molecule has 0 saturated carbocycles. The van der Waals surface area contributed by atoms with Crippen LogP contribution in [-0.4, -0.2) is 34.4 Å². The van der Waals surface area contributed by atoms with Crippen molar-refractivity contribution in [3.8, 4) is 5.75 Å². The summed E-state index contributed by atoms with van der Waals surface area (Å²) in [6.07, 6.45) is 1.61. The van der Waals surface area contributed by atoms with Crippen molar-refractivity contribution in [2.75, 3.05) is 7.05 Å². The van der Waals surface area contributed by atoms with Crippen LogP contribution in [0.3, 0.4) is 0 Å². The summed E-state index contributed by atoms with van der Waals surface area (Å²) in [7, 11) is 3.47. The fourth-order valence-corrected chi connectivity index (χ4v) is 2.09. The summed E-state index contributed by atoms with van der Waals surface area (Å²) >= 11 is 0. The molecule has 7 nitrogen and oxygen atoms in total. The van der Waals surface area contributed by atoms with Crippen LogP contribution in [0.25, 0.3) is 0 Å². The highest BCUT2D eigenvalue weighted by molar-refractivity contribution is 14.0. The number of benzene rings is 1. The smallest absolute Gasteiger partial charge is 0.387 e. The maximum atomic E-state index is 12.5. The van der Waals surface area contributed by atoms with Gasteiger partial charge >= 0.3 is 6.61 Å². The van der Waals surface area contributed by atoms with E-state index in [1.165, 1.54) is 6.07 Å². The Hall–Kier alpha value is -1.98. The Morgan fingerprint density at radius 2 is 2.04 bits per heavy atom. The van der Waals surface area contributed by atoms with Gasteiger partial charge in [0.1, 0.15) is 12.1 Å². The van der Waals surface area contributed by atoms with E-state index in [-0.39, 0.29) is 29.7 Å². The molecule has 1 aromatic carbocycles.